The van der Waals surface area contributed by atoms with Crippen LogP contribution < -0.4 is 10.6 Å². The lowest BCUT2D eigenvalue weighted by Crippen LogP contribution is -2.36. The van der Waals surface area contributed by atoms with Gasteiger partial charge < -0.3 is 15.5 Å². The van der Waals surface area contributed by atoms with Crippen molar-refractivity contribution >= 4 is 11.6 Å². The number of fused-ring (bicyclic) bond motifs is 1. The molecular weight excluding hydrogens is 248 g/mol. The maximum Gasteiger partial charge on any atom is 0.191 e. The van der Waals surface area contributed by atoms with E-state index in [0.717, 1.165) is 19.5 Å². The third kappa shape index (κ3) is 2.60. The lowest BCUT2D eigenvalue weighted by molar-refractivity contribution is 0.484. The van der Waals surface area contributed by atoms with Gasteiger partial charge in [-0.25, -0.2) is 0 Å². The van der Waals surface area contributed by atoms with Crippen molar-refractivity contribution in [3.8, 4) is 0 Å². The van der Waals surface area contributed by atoms with Gasteiger partial charge in [0.1, 0.15) is 0 Å². The topological polar surface area (TPSA) is 44.9 Å². The average Bonchev–Trinajstić information content (AvgIpc) is 3.30. The largest absolute Gasteiger partial charge is 0.374 e. The number of hydrogen-bond donors (Lipinski definition) is 1. The summed E-state index contributed by atoms with van der Waals surface area (Å²) in [5.74, 6) is 1.19. The molecule has 1 aromatic rings. The molecule has 4 nitrogen and oxygen atoms in total. The zero-order chi connectivity index (χ0) is 14.1. The molecule has 1 unspecified atom stereocenters. The Morgan fingerprint density at radius 2 is 2.10 bits per heavy atom. The summed E-state index contributed by atoms with van der Waals surface area (Å²) in [6, 6.07) is 9.28. The lowest BCUT2D eigenvalue weighted by Gasteiger charge is -2.32. The Morgan fingerprint density at radius 1 is 1.35 bits per heavy atom. The van der Waals surface area contributed by atoms with Gasteiger partial charge in [-0.3, -0.25) is 4.99 Å². The van der Waals surface area contributed by atoms with Crippen molar-refractivity contribution in [1.82, 2.24) is 4.90 Å². The van der Waals surface area contributed by atoms with Crippen LogP contribution in [0.2, 0.25) is 0 Å². The highest BCUT2D eigenvalue weighted by Gasteiger charge is 2.28. The number of rotatable bonds is 3. The molecule has 1 aromatic carbocycles. The van der Waals surface area contributed by atoms with Gasteiger partial charge >= 0.3 is 0 Å². The summed E-state index contributed by atoms with van der Waals surface area (Å²) in [7, 11) is 4.21. The van der Waals surface area contributed by atoms with Crippen molar-refractivity contribution in [3.05, 3.63) is 29.8 Å². The van der Waals surface area contributed by atoms with Crippen molar-refractivity contribution in [1.29, 1.82) is 0 Å². The van der Waals surface area contributed by atoms with Crippen LogP contribution in [0.4, 0.5) is 5.69 Å². The minimum Gasteiger partial charge on any atom is -0.374 e. The van der Waals surface area contributed by atoms with E-state index in [1.807, 2.05) is 0 Å². The van der Waals surface area contributed by atoms with E-state index in [1.165, 1.54) is 24.1 Å². The van der Waals surface area contributed by atoms with Crippen LogP contribution in [0.15, 0.2) is 29.3 Å². The molecule has 0 amide bonds. The molecule has 108 valence electrons. The first-order valence-corrected chi connectivity index (χ1v) is 7.49. The molecule has 1 saturated carbocycles. The van der Waals surface area contributed by atoms with Crippen molar-refractivity contribution in [3.63, 3.8) is 0 Å². The molecule has 0 radical (unpaired) electrons. The Hall–Kier alpha value is -1.71. The molecular formula is C16H24N4. The SMILES string of the molecule is CN1CCC(CN=C(N)N(C)C2CC2)c2ccccc21. The third-order valence-corrected chi connectivity index (χ3v) is 4.53. The number of guanidine groups is 1. The van der Waals surface area contributed by atoms with Crippen LogP contribution in [-0.4, -0.2) is 44.1 Å². The number of benzene rings is 1. The van der Waals surface area contributed by atoms with Crippen molar-refractivity contribution < 1.29 is 0 Å². The highest BCUT2D eigenvalue weighted by Crippen LogP contribution is 2.34. The number of aliphatic imine (C=N–C) groups is 1. The maximum atomic E-state index is 6.09. The second kappa shape index (κ2) is 5.35. The molecule has 2 N–H and O–H groups in total. The molecule has 1 atom stereocenters. The van der Waals surface area contributed by atoms with E-state index in [-0.39, 0.29) is 0 Å². The lowest BCUT2D eigenvalue weighted by atomic mass is 9.90. The number of anilines is 1. The number of hydrogen-bond acceptors (Lipinski definition) is 2. The van der Waals surface area contributed by atoms with E-state index in [1.54, 1.807) is 0 Å². The van der Waals surface area contributed by atoms with Crippen molar-refractivity contribution in [2.75, 3.05) is 32.1 Å². The highest BCUT2D eigenvalue weighted by molar-refractivity contribution is 5.78. The van der Waals surface area contributed by atoms with Gasteiger partial charge in [0.15, 0.2) is 5.96 Å². The van der Waals surface area contributed by atoms with E-state index in [0.29, 0.717) is 17.9 Å². The monoisotopic (exact) mass is 272 g/mol. The third-order valence-electron chi connectivity index (χ3n) is 4.53. The van der Waals surface area contributed by atoms with Crippen LogP contribution in [0.1, 0.15) is 30.7 Å². The molecule has 0 bridgehead atoms. The number of nitrogens with two attached hydrogens (primary N) is 1. The van der Waals surface area contributed by atoms with E-state index in [2.05, 4.69) is 53.2 Å². The molecule has 1 fully saturated rings. The van der Waals surface area contributed by atoms with Crippen LogP contribution in [0.3, 0.4) is 0 Å². The Kier molecular flexibility index (Phi) is 3.55. The van der Waals surface area contributed by atoms with Crippen LogP contribution in [0, 0.1) is 0 Å². The molecule has 3 rings (SSSR count). The Bertz CT molecular complexity index is 507. The fourth-order valence-corrected chi connectivity index (χ4v) is 2.96. The van der Waals surface area contributed by atoms with Crippen LogP contribution >= 0.6 is 0 Å². The fourth-order valence-electron chi connectivity index (χ4n) is 2.96. The normalized spacial score (nSPS) is 22.6. The van der Waals surface area contributed by atoms with Gasteiger partial charge in [0.2, 0.25) is 0 Å². The van der Waals surface area contributed by atoms with Gasteiger partial charge in [-0.15, -0.1) is 0 Å². The van der Waals surface area contributed by atoms with Gasteiger partial charge in [-0.1, -0.05) is 18.2 Å². The molecule has 2 aliphatic rings. The summed E-state index contributed by atoms with van der Waals surface area (Å²) in [4.78, 5) is 9.09. The average molecular weight is 272 g/mol. The molecule has 1 aliphatic heterocycles. The highest BCUT2D eigenvalue weighted by atomic mass is 15.3. The molecule has 4 heteroatoms. The number of nitrogens with zero attached hydrogens (tertiary/aromatic N) is 3. The van der Waals surface area contributed by atoms with Crippen molar-refractivity contribution in [2.24, 2.45) is 10.7 Å². The summed E-state index contributed by atoms with van der Waals surface area (Å²) in [6.45, 7) is 1.89. The smallest absolute Gasteiger partial charge is 0.191 e. The number of para-hydroxylation sites is 1. The molecule has 0 spiro atoms. The van der Waals surface area contributed by atoms with Crippen LogP contribution in [-0.2, 0) is 0 Å². The predicted molar refractivity (Wildman–Crippen MR) is 84.3 cm³/mol. The van der Waals surface area contributed by atoms with E-state index >= 15 is 0 Å². The van der Waals surface area contributed by atoms with E-state index in [4.69, 9.17) is 5.73 Å². The zero-order valence-electron chi connectivity index (χ0n) is 12.4. The first-order valence-electron chi connectivity index (χ1n) is 7.49. The standard InChI is InChI=1S/C16H24N4/c1-19-10-9-12(14-5-3-4-6-15(14)19)11-18-16(17)20(2)13-7-8-13/h3-6,12-13H,7-11H2,1-2H3,(H2,17,18). The molecule has 0 aromatic heterocycles. The molecule has 0 saturated heterocycles. The van der Waals surface area contributed by atoms with Gasteiger partial charge in [0.25, 0.3) is 0 Å². The predicted octanol–water partition coefficient (Wildman–Crippen LogP) is 2.02. The second-order valence-electron chi connectivity index (χ2n) is 6.01. The first kappa shape index (κ1) is 13.3. The fraction of sp³-hybridized carbons (Fsp3) is 0.562. The molecule has 20 heavy (non-hydrogen) atoms. The Morgan fingerprint density at radius 3 is 2.85 bits per heavy atom. The van der Waals surface area contributed by atoms with Crippen LogP contribution in [0.25, 0.3) is 0 Å². The Labute approximate surface area is 121 Å². The quantitative estimate of drug-likeness (QED) is 0.676. The van der Waals surface area contributed by atoms with E-state index in [9.17, 15) is 0 Å². The minimum absolute atomic E-state index is 0.494. The zero-order valence-corrected chi connectivity index (χ0v) is 12.4. The van der Waals surface area contributed by atoms with Gasteiger partial charge in [-0.2, -0.15) is 0 Å². The minimum atomic E-state index is 0.494. The van der Waals surface area contributed by atoms with Crippen LogP contribution in [0.5, 0.6) is 0 Å². The first-order chi connectivity index (χ1) is 9.66. The summed E-state index contributed by atoms with van der Waals surface area (Å²) < 4.78 is 0. The van der Waals surface area contributed by atoms with Crippen molar-refractivity contribution in [2.45, 2.75) is 31.2 Å². The summed E-state index contributed by atoms with van der Waals surface area (Å²) >= 11 is 0. The van der Waals surface area contributed by atoms with Gasteiger partial charge in [0.05, 0.1) is 0 Å². The second-order valence-corrected chi connectivity index (χ2v) is 6.01. The van der Waals surface area contributed by atoms with E-state index < -0.39 is 0 Å². The molecule has 1 heterocycles. The van der Waals surface area contributed by atoms with Gasteiger partial charge in [0, 0.05) is 44.8 Å². The summed E-state index contributed by atoms with van der Waals surface area (Å²) in [5, 5.41) is 0. The summed E-state index contributed by atoms with van der Waals surface area (Å²) in [6.07, 6.45) is 3.66. The molecule has 1 aliphatic carbocycles. The summed E-state index contributed by atoms with van der Waals surface area (Å²) in [5.41, 5.74) is 8.84. The Balaban J connectivity index is 1.72. The maximum absolute atomic E-state index is 6.09. The van der Waals surface area contributed by atoms with Gasteiger partial charge in [-0.05, 0) is 30.9 Å².